The van der Waals surface area contributed by atoms with Gasteiger partial charge in [0, 0.05) is 11.0 Å². The van der Waals surface area contributed by atoms with Gasteiger partial charge >= 0.3 is 0 Å². The molecule has 98 valence electrons. The number of hydrogen-bond acceptors (Lipinski definition) is 2. The smallest absolute Gasteiger partial charge is 0.255 e. The van der Waals surface area contributed by atoms with Crippen LogP contribution < -0.4 is 5.32 Å². The van der Waals surface area contributed by atoms with Gasteiger partial charge in [0.05, 0.1) is 5.56 Å². The highest BCUT2D eigenvalue weighted by Crippen LogP contribution is 2.21. The Morgan fingerprint density at radius 3 is 2.58 bits per heavy atom. The lowest BCUT2D eigenvalue weighted by molar-refractivity contribution is 0.0948. The van der Waals surface area contributed by atoms with Gasteiger partial charge in [-0.15, -0.1) is 0 Å². The maximum Gasteiger partial charge on any atom is 0.255 e. The second-order valence-corrected chi connectivity index (χ2v) is 5.20. The number of hydrogen-bond donors (Lipinski definition) is 2. The normalized spacial score (nSPS) is 10.2. The molecule has 1 amide bonds. The average molecular weight is 320 g/mol. The molecular formula is C15H14BrNO2. The molecule has 0 fully saturated rings. The van der Waals surface area contributed by atoms with Crippen molar-refractivity contribution in [3.63, 3.8) is 0 Å². The number of carbonyl (C=O) groups is 1. The highest BCUT2D eigenvalue weighted by molar-refractivity contribution is 9.10. The van der Waals surface area contributed by atoms with E-state index in [0.29, 0.717) is 17.7 Å². The number of aromatic hydroxyl groups is 1. The fraction of sp³-hybridized carbons (Fsp3) is 0.133. The first kappa shape index (κ1) is 13.6. The zero-order valence-corrected chi connectivity index (χ0v) is 12.1. The third kappa shape index (κ3) is 3.35. The van der Waals surface area contributed by atoms with Crippen LogP contribution in [0.2, 0.25) is 0 Å². The highest BCUT2D eigenvalue weighted by Gasteiger charge is 2.11. The zero-order valence-electron chi connectivity index (χ0n) is 10.5. The van der Waals surface area contributed by atoms with Gasteiger partial charge in [0.1, 0.15) is 5.75 Å². The van der Waals surface area contributed by atoms with Crippen LogP contribution in [0.4, 0.5) is 0 Å². The molecular weight excluding hydrogens is 306 g/mol. The summed E-state index contributed by atoms with van der Waals surface area (Å²) >= 11 is 3.36. The predicted molar refractivity (Wildman–Crippen MR) is 78.2 cm³/mol. The van der Waals surface area contributed by atoms with E-state index < -0.39 is 0 Å². The number of para-hydroxylation sites is 1. The van der Waals surface area contributed by atoms with Crippen LogP contribution in [0.3, 0.4) is 0 Å². The summed E-state index contributed by atoms with van der Waals surface area (Å²) in [6, 6.07) is 12.8. The zero-order chi connectivity index (χ0) is 13.8. The SMILES string of the molecule is Cc1cccc(C(=O)NCc2ccc(Br)cc2)c1O. The van der Waals surface area contributed by atoms with Crippen LogP contribution in [0.15, 0.2) is 46.9 Å². The molecule has 0 unspecified atom stereocenters. The van der Waals surface area contributed by atoms with Gasteiger partial charge in [0.15, 0.2) is 0 Å². The molecule has 0 aliphatic rings. The van der Waals surface area contributed by atoms with Gasteiger partial charge in [0.2, 0.25) is 0 Å². The molecule has 2 aromatic carbocycles. The van der Waals surface area contributed by atoms with Crippen LogP contribution in [0, 0.1) is 6.92 Å². The van der Waals surface area contributed by atoms with Crippen molar-refractivity contribution >= 4 is 21.8 Å². The Morgan fingerprint density at radius 2 is 1.89 bits per heavy atom. The third-order valence-corrected chi connectivity index (χ3v) is 3.38. The number of nitrogens with one attached hydrogen (secondary N) is 1. The molecule has 0 saturated heterocycles. The summed E-state index contributed by atoms with van der Waals surface area (Å²) in [7, 11) is 0. The molecule has 2 rings (SSSR count). The molecule has 2 aromatic rings. The summed E-state index contributed by atoms with van der Waals surface area (Å²) in [5.74, 6) is -0.236. The Kier molecular flexibility index (Phi) is 4.22. The van der Waals surface area contributed by atoms with Crippen LogP contribution in [0.5, 0.6) is 5.75 Å². The number of halogens is 1. The van der Waals surface area contributed by atoms with Crippen molar-refractivity contribution in [2.75, 3.05) is 0 Å². The molecule has 0 radical (unpaired) electrons. The minimum Gasteiger partial charge on any atom is -0.507 e. The Morgan fingerprint density at radius 1 is 1.21 bits per heavy atom. The minimum atomic E-state index is -0.274. The maximum atomic E-state index is 12.0. The molecule has 3 nitrogen and oxygen atoms in total. The molecule has 0 saturated carbocycles. The lowest BCUT2D eigenvalue weighted by atomic mass is 10.1. The van der Waals surface area contributed by atoms with Crippen LogP contribution in [0.25, 0.3) is 0 Å². The third-order valence-electron chi connectivity index (χ3n) is 2.85. The summed E-state index contributed by atoms with van der Waals surface area (Å²) < 4.78 is 0.999. The van der Waals surface area contributed by atoms with E-state index in [2.05, 4.69) is 21.2 Å². The van der Waals surface area contributed by atoms with Crippen LogP contribution in [-0.4, -0.2) is 11.0 Å². The summed E-state index contributed by atoms with van der Waals surface area (Å²) in [5, 5.41) is 12.6. The van der Waals surface area contributed by atoms with Gasteiger partial charge in [0.25, 0.3) is 5.91 Å². The minimum absolute atomic E-state index is 0.0378. The fourth-order valence-corrected chi connectivity index (χ4v) is 1.99. The monoisotopic (exact) mass is 319 g/mol. The standard InChI is InChI=1S/C15H14BrNO2/c1-10-3-2-4-13(14(10)18)15(19)17-9-11-5-7-12(16)8-6-11/h2-8,18H,9H2,1H3,(H,17,19). The van der Waals surface area contributed by atoms with E-state index in [1.807, 2.05) is 24.3 Å². The molecule has 19 heavy (non-hydrogen) atoms. The van der Waals surface area contributed by atoms with E-state index in [1.165, 1.54) is 0 Å². The lowest BCUT2D eigenvalue weighted by Gasteiger charge is -2.08. The molecule has 0 bridgehead atoms. The number of phenolic OH excluding ortho intramolecular Hbond substituents is 1. The van der Waals surface area contributed by atoms with Gasteiger partial charge in [-0.2, -0.15) is 0 Å². The van der Waals surface area contributed by atoms with Crippen molar-refractivity contribution in [2.24, 2.45) is 0 Å². The number of amides is 1. The summed E-state index contributed by atoms with van der Waals surface area (Å²) in [4.78, 5) is 12.0. The Hall–Kier alpha value is -1.81. The van der Waals surface area contributed by atoms with Gasteiger partial charge in [-0.3, -0.25) is 4.79 Å². The first-order valence-electron chi connectivity index (χ1n) is 5.89. The van der Waals surface area contributed by atoms with Gasteiger partial charge in [-0.05, 0) is 36.2 Å². The van der Waals surface area contributed by atoms with Crippen molar-refractivity contribution < 1.29 is 9.90 Å². The molecule has 0 atom stereocenters. The van der Waals surface area contributed by atoms with E-state index in [0.717, 1.165) is 10.0 Å². The van der Waals surface area contributed by atoms with Crippen molar-refractivity contribution in [3.8, 4) is 5.75 Å². The quantitative estimate of drug-likeness (QED) is 0.911. The summed E-state index contributed by atoms with van der Waals surface area (Å²) in [6.07, 6.45) is 0. The number of rotatable bonds is 3. The van der Waals surface area contributed by atoms with Gasteiger partial charge in [-0.1, -0.05) is 40.2 Å². The molecule has 0 aliphatic carbocycles. The largest absolute Gasteiger partial charge is 0.507 e. The molecule has 0 spiro atoms. The number of benzene rings is 2. The topological polar surface area (TPSA) is 49.3 Å². The number of phenols is 1. The second-order valence-electron chi connectivity index (χ2n) is 4.28. The Bertz CT molecular complexity index is 594. The Balaban J connectivity index is 2.05. The Labute approximate surface area is 120 Å². The maximum absolute atomic E-state index is 12.0. The number of aryl methyl sites for hydroxylation is 1. The van der Waals surface area contributed by atoms with Crippen LogP contribution in [0.1, 0.15) is 21.5 Å². The summed E-state index contributed by atoms with van der Waals surface area (Å²) in [5.41, 5.74) is 2.00. The molecule has 0 aromatic heterocycles. The number of carbonyl (C=O) groups excluding carboxylic acids is 1. The van der Waals surface area contributed by atoms with Crippen LogP contribution in [-0.2, 0) is 6.54 Å². The lowest BCUT2D eigenvalue weighted by Crippen LogP contribution is -2.22. The summed E-state index contributed by atoms with van der Waals surface area (Å²) in [6.45, 7) is 2.19. The molecule has 0 aliphatic heterocycles. The first-order valence-corrected chi connectivity index (χ1v) is 6.68. The van der Waals surface area contributed by atoms with E-state index >= 15 is 0 Å². The van der Waals surface area contributed by atoms with E-state index in [4.69, 9.17) is 0 Å². The van der Waals surface area contributed by atoms with Crippen molar-refractivity contribution in [1.82, 2.24) is 5.32 Å². The van der Waals surface area contributed by atoms with Gasteiger partial charge < -0.3 is 10.4 Å². The molecule has 0 heterocycles. The van der Waals surface area contributed by atoms with E-state index in [9.17, 15) is 9.90 Å². The van der Waals surface area contributed by atoms with Crippen LogP contribution >= 0.6 is 15.9 Å². The average Bonchev–Trinajstić information content (AvgIpc) is 2.41. The van der Waals surface area contributed by atoms with Gasteiger partial charge in [-0.25, -0.2) is 0 Å². The van der Waals surface area contributed by atoms with Crippen molar-refractivity contribution in [3.05, 3.63) is 63.6 Å². The second kappa shape index (κ2) is 5.89. The molecule has 2 N–H and O–H groups in total. The fourth-order valence-electron chi connectivity index (χ4n) is 1.72. The van der Waals surface area contributed by atoms with E-state index in [-0.39, 0.29) is 11.7 Å². The van der Waals surface area contributed by atoms with Crippen molar-refractivity contribution in [1.29, 1.82) is 0 Å². The highest BCUT2D eigenvalue weighted by atomic mass is 79.9. The van der Waals surface area contributed by atoms with Crippen molar-refractivity contribution in [2.45, 2.75) is 13.5 Å². The predicted octanol–water partition coefficient (Wildman–Crippen LogP) is 3.39. The molecule has 4 heteroatoms. The van der Waals surface area contributed by atoms with E-state index in [1.54, 1.807) is 25.1 Å². The first-order chi connectivity index (χ1) is 9.08.